The first-order valence-corrected chi connectivity index (χ1v) is 17.0. The first kappa shape index (κ1) is 41.4. The van der Waals surface area contributed by atoms with Gasteiger partial charge in [-0.05, 0) is 12.8 Å². The van der Waals surface area contributed by atoms with Crippen LogP contribution in [0, 0.1) is 0 Å². The Morgan fingerprint density at radius 3 is 1.80 bits per heavy atom. The van der Waals surface area contributed by atoms with Crippen molar-refractivity contribution in [3.05, 3.63) is 0 Å². The Labute approximate surface area is 268 Å². The fraction of sp³-hybridized carbons (Fsp3) is 0.964. The van der Waals surface area contributed by atoms with Gasteiger partial charge in [-0.3, -0.25) is 4.79 Å². The second-order valence-electron chi connectivity index (χ2n) is 10.7. The number of ether oxygens (including phenoxy) is 3. The molecule has 0 aromatic heterocycles. The molecule has 1 heterocycles. The SMILES string of the molecule is CCCCCCCCCCCCCCCCCC(=O)OCP(=O)([O-])OCCCOC1OC(CO)C(O)C(O)C1O.[Na+]. The zero-order valence-electron chi connectivity index (χ0n) is 25.3. The zero-order valence-corrected chi connectivity index (χ0v) is 28.2. The molecule has 0 saturated carbocycles. The van der Waals surface area contributed by atoms with Crippen LogP contribution in [0.15, 0.2) is 0 Å². The summed E-state index contributed by atoms with van der Waals surface area (Å²) in [5.41, 5.74) is 0. The van der Waals surface area contributed by atoms with Gasteiger partial charge in [-0.2, -0.15) is 0 Å². The van der Waals surface area contributed by atoms with Crippen LogP contribution in [0.25, 0.3) is 0 Å². The van der Waals surface area contributed by atoms with Crippen LogP contribution in [0.2, 0.25) is 0 Å². The summed E-state index contributed by atoms with van der Waals surface area (Å²) in [4.78, 5) is 23.8. The Kier molecular flexibility index (Phi) is 25.9. The molecule has 11 nitrogen and oxygen atoms in total. The maximum Gasteiger partial charge on any atom is 1.00 e. The van der Waals surface area contributed by atoms with Crippen molar-refractivity contribution in [3.63, 3.8) is 0 Å². The van der Waals surface area contributed by atoms with Crippen molar-refractivity contribution in [1.29, 1.82) is 0 Å². The van der Waals surface area contributed by atoms with Crippen LogP contribution in [-0.2, 0) is 28.1 Å². The summed E-state index contributed by atoms with van der Waals surface area (Å²) in [6.45, 7) is 1.34. The minimum absolute atomic E-state index is 0. The Morgan fingerprint density at radius 2 is 1.29 bits per heavy atom. The van der Waals surface area contributed by atoms with Crippen molar-refractivity contribution < 1.29 is 83.0 Å². The van der Waals surface area contributed by atoms with E-state index in [4.69, 9.17) is 23.8 Å². The van der Waals surface area contributed by atoms with Gasteiger partial charge in [0, 0.05) is 6.42 Å². The third-order valence-electron chi connectivity index (χ3n) is 7.08. The molecule has 0 spiro atoms. The number of aliphatic hydroxyl groups is 4. The largest absolute Gasteiger partial charge is 1.00 e. The standard InChI is InChI=1S/C28H55O11P.Na/c1-2-3-4-5-6-7-8-9-10-11-12-13-14-15-16-18-24(30)37-22-40(34,35)38-20-17-19-36-28-27(33)26(32)25(31)23(21-29)39-28;/h23,25-29,31-33H,2-22H2,1H3,(H,34,35);/q;+1/p-1. The molecule has 4 N–H and O–H groups in total. The van der Waals surface area contributed by atoms with Crippen molar-refractivity contribution in [2.75, 3.05) is 26.2 Å². The van der Waals surface area contributed by atoms with Crippen molar-refractivity contribution in [2.45, 2.75) is 147 Å². The predicted molar refractivity (Wildman–Crippen MR) is 148 cm³/mol. The van der Waals surface area contributed by atoms with Gasteiger partial charge in [0.1, 0.15) is 24.4 Å². The van der Waals surface area contributed by atoms with Crippen molar-refractivity contribution in [1.82, 2.24) is 0 Å². The smallest absolute Gasteiger partial charge is 0.776 e. The molecule has 0 bridgehead atoms. The number of carbonyl (C=O) groups is 1. The molecular formula is C28H54NaO11P. The van der Waals surface area contributed by atoms with E-state index in [-0.39, 0.29) is 55.6 Å². The summed E-state index contributed by atoms with van der Waals surface area (Å²) >= 11 is 0. The second-order valence-corrected chi connectivity index (χ2v) is 12.4. The molecule has 0 amide bonds. The molecule has 1 rings (SSSR count). The Bertz CT molecular complexity index is 685. The molecule has 1 saturated heterocycles. The molecular weight excluding hydrogens is 566 g/mol. The molecule has 6 atom stereocenters. The van der Waals surface area contributed by atoms with Crippen LogP contribution in [0.3, 0.4) is 0 Å². The van der Waals surface area contributed by atoms with Gasteiger partial charge in [0.15, 0.2) is 20.2 Å². The fourth-order valence-electron chi connectivity index (χ4n) is 4.57. The van der Waals surface area contributed by atoms with Crippen molar-refractivity contribution >= 4 is 13.6 Å². The summed E-state index contributed by atoms with van der Waals surface area (Å²) in [7, 11) is -4.37. The average Bonchev–Trinajstić information content (AvgIpc) is 2.93. The number of rotatable bonds is 25. The predicted octanol–water partition coefficient (Wildman–Crippen LogP) is 0.529. The molecule has 1 aliphatic rings. The third kappa shape index (κ3) is 20.1. The van der Waals surface area contributed by atoms with Gasteiger partial charge in [0.25, 0.3) is 0 Å². The van der Waals surface area contributed by atoms with Crippen LogP contribution in [-0.4, -0.2) is 83.3 Å². The molecule has 1 aliphatic heterocycles. The summed E-state index contributed by atoms with van der Waals surface area (Å²) in [5, 5.41) is 38.5. The van der Waals surface area contributed by atoms with Gasteiger partial charge >= 0.3 is 35.5 Å². The molecule has 6 unspecified atom stereocenters. The quantitative estimate of drug-likeness (QED) is 0.0485. The Hall–Kier alpha value is 0.380. The van der Waals surface area contributed by atoms with E-state index in [0.29, 0.717) is 6.42 Å². The molecule has 0 aliphatic carbocycles. The zero-order chi connectivity index (χ0) is 29.6. The molecule has 1 fully saturated rings. The van der Waals surface area contributed by atoms with Crippen LogP contribution >= 0.6 is 7.60 Å². The normalized spacial score (nSPS) is 24.0. The van der Waals surface area contributed by atoms with Gasteiger partial charge in [-0.25, -0.2) is 0 Å². The summed E-state index contributed by atoms with van der Waals surface area (Å²) in [5.74, 6) is -0.569. The van der Waals surface area contributed by atoms with Gasteiger partial charge in [0.05, 0.1) is 19.8 Å². The Balaban J connectivity index is 0.0000160. The van der Waals surface area contributed by atoms with Gasteiger partial charge in [0.2, 0.25) is 0 Å². The van der Waals surface area contributed by atoms with E-state index < -0.39 is 57.2 Å². The maximum absolute atomic E-state index is 12.0. The van der Waals surface area contributed by atoms with Crippen molar-refractivity contribution in [2.24, 2.45) is 0 Å². The minimum Gasteiger partial charge on any atom is -0.776 e. The molecule has 0 aromatic rings. The maximum atomic E-state index is 12.0. The number of hydrogen-bond acceptors (Lipinski definition) is 11. The number of esters is 1. The number of unbranched alkanes of at least 4 members (excludes halogenated alkanes) is 14. The van der Waals surface area contributed by atoms with Gasteiger partial charge in [-0.1, -0.05) is 96.8 Å². The first-order valence-electron chi connectivity index (χ1n) is 15.2. The average molecular weight is 621 g/mol. The molecule has 0 radical (unpaired) electrons. The van der Waals surface area contributed by atoms with E-state index in [1.807, 2.05) is 0 Å². The van der Waals surface area contributed by atoms with Crippen molar-refractivity contribution in [3.8, 4) is 0 Å². The number of carbonyl (C=O) groups excluding carboxylic acids is 1. The van der Waals surface area contributed by atoms with Crippen LogP contribution in [0.5, 0.6) is 0 Å². The first-order chi connectivity index (χ1) is 19.2. The van der Waals surface area contributed by atoms with Crippen LogP contribution in [0.1, 0.15) is 116 Å². The van der Waals surface area contributed by atoms with E-state index in [1.54, 1.807) is 0 Å². The van der Waals surface area contributed by atoms with Crippen LogP contribution in [0.4, 0.5) is 0 Å². The molecule has 238 valence electrons. The fourth-order valence-corrected chi connectivity index (χ4v) is 5.35. The van der Waals surface area contributed by atoms with Crippen LogP contribution < -0.4 is 34.5 Å². The van der Waals surface area contributed by atoms with E-state index in [9.17, 15) is 29.6 Å². The second kappa shape index (κ2) is 25.7. The van der Waals surface area contributed by atoms with E-state index in [2.05, 4.69) is 6.92 Å². The summed E-state index contributed by atoms with van der Waals surface area (Å²) in [6, 6.07) is 0. The minimum atomic E-state index is -4.37. The van der Waals surface area contributed by atoms with E-state index in [0.717, 1.165) is 19.3 Å². The monoisotopic (exact) mass is 620 g/mol. The summed E-state index contributed by atoms with van der Waals surface area (Å²) in [6.07, 6.45) is 10.8. The number of hydrogen-bond donors (Lipinski definition) is 4. The Morgan fingerprint density at radius 1 is 0.780 bits per heavy atom. The van der Waals surface area contributed by atoms with Gasteiger partial charge in [-0.15, -0.1) is 0 Å². The molecule has 0 aromatic carbocycles. The van der Waals surface area contributed by atoms with Gasteiger partial charge < -0.3 is 48.6 Å². The third-order valence-corrected chi connectivity index (χ3v) is 8.10. The summed E-state index contributed by atoms with van der Waals surface area (Å²) < 4.78 is 32.1. The topological polar surface area (TPSA) is 175 Å². The van der Waals surface area contributed by atoms with E-state index in [1.165, 1.54) is 70.6 Å². The molecule has 13 heteroatoms. The molecule has 41 heavy (non-hydrogen) atoms. The number of aliphatic hydroxyl groups excluding tert-OH is 4. The van der Waals surface area contributed by atoms with E-state index >= 15 is 0 Å².